The number of benzene rings is 1. The molecule has 0 N–H and O–H groups in total. The number of thioether (sulfide) groups is 1. The van der Waals surface area contributed by atoms with Crippen molar-refractivity contribution in [1.29, 1.82) is 0 Å². The first-order valence-corrected chi connectivity index (χ1v) is 7.79. The van der Waals surface area contributed by atoms with Crippen molar-refractivity contribution in [3.05, 3.63) is 29.8 Å². The number of anilines is 1. The summed E-state index contributed by atoms with van der Waals surface area (Å²) in [5.74, 6) is 1.35. The van der Waals surface area contributed by atoms with Crippen LogP contribution in [0.25, 0.3) is 0 Å². The maximum Gasteiger partial charge on any atom is 0.239 e. The number of hydrogen-bond acceptors (Lipinski definition) is 2. The van der Waals surface area contributed by atoms with E-state index in [1.807, 2.05) is 24.0 Å². The molecule has 1 atom stereocenters. The summed E-state index contributed by atoms with van der Waals surface area (Å²) >= 11 is 1.78. The predicted molar refractivity (Wildman–Crippen MR) is 79.3 cm³/mol. The summed E-state index contributed by atoms with van der Waals surface area (Å²) in [5, 5.41) is 0.0720. The molecule has 0 saturated carbocycles. The van der Waals surface area contributed by atoms with Gasteiger partial charge in [0.25, 0.3) is 0 Å². The lowest BCUT2D eigenvalue weighted by atomic mass is 10.2. The molecule has 3 heteroatoms. The minimum atomic E-state index is 0.0720. The van der Waals surface area contributed by atoms with E-state index in [1.165, 1.54) is 18.4 Å². The molecule has 0 fully saturated rings. The first-order valence-electron chi connectivity index (χ1n) is 6.75. The molecule has 0 bridgehead atoms. The maximum atomic E-state index is 12.4. The van der Waals surface area contributed by atoms with Crippen molar-refractivity contribution in [2.75, 3.05) is 17.2 Å². The van der Waals surface area contributed by atoms with Gasteiger partial charge in [0.05, 0.1) is 5.25 Å². The van der Waals surface area contributed by atoms with E-state index < -0.39 is 0 Å². The van der Waals surface area contributed by atoms with E-state index in [4.69, 9.17) is 0 Å². The molecule has 0 spiro atoms. The van der Waals surface area contributed by atoms with E-state index in [9.17, 15) is 4.79 Å². The third kappa shape index (κ3) is 2.89. The van der Waals surface area contributed by atoms with Gasteiger partial charge in [0, 0.05) is 12.2 Å². The topological polar surface area (TPSA) is 20.3 Å². The molecule has 1 aromatic rings. The second kappa shape index (κ2) is 6.28. The van der Waals surface area contributed by atoms with Crippen molar-refractivity contribution in [3.8, 4) is 0 Å². The lowest BCUT2D eigenvalue weighted by Crippen LogP contribution is -2.35. The number of para-hydroxylation sites is 1. The van der Waals surface area contributed by atoms with Gasteiger partial charge in [0.1, 0.15) is 0 Å². The SMILES string of the molecule is CCCCSC(C)C(=O)N1CCc2ccccc21. The van der Waals surface area contributed by atoms with Crippen molar-refractivity contribution < 1.29 is 4.79 Å². The zero-order chi connectivity index (χ0) is 13.0. The Morgan fingerprint density at radius 2 is 2.22 bits per heavy atom. The normalized spacial score (nSPS) is 15.6. The first kappa shape index (κ1) is 13.5. The van der Waals surface area contributed by atoms with Crippen LogP contribution in [0, 0.1) is 0 Å². The predicted octanol–water partition coefficient (Wildman–Crippen LogP) is 3.50. The first-order chi connectivity index (χ1) is 8.74. The molecule has 1 unspecified atom stereocenters. The number of fused-ring (bicyclic) bond motifs is 1. The summed E-state index contributed by atoms with van der Waals surface area (Å²) in [6, 6.07) is 8.24. The monoisotopic (exact) mass is 263 g/mol. The van der Waals surface area contributed by atoms with Crippen molar-refractivity contribution in [3.63, 3.8) is 0 Å². The fraction of sp³-hybridized carbons (Fsp3) is 0.533. The smallest absolute Gasteiger partial charge is 0.239 e. The molecule has 0 radical (unpaired) electrons. The van der Waals surface area contributed by atoms with Crippen LogP contribution in [-0.4, -0.2) is 23.5 Å². The van der Waals surface area contributed by atoms with Gasteiger partial charge in [0.15, 0.2) is 0 Å². The van der Waals surface area contributed by atoms with Crippen LogP contribution in [-0.2, 0) is 11.2 Å². The van der Waals surface area contributed by atoms with Gasteiger partial charge in [0.2, 0.25) is 5.91 Å². The molecular formula is C15H21NOS. The Labute approximate surface area is 114 Å². The average molecular weight is 263 g/mol. The zero-order valence-corrected chi connectivity index (χ0v) is 12.0. The lowest BCUT2D eigenvalue weighted by Gasteiger charge is -2.21. The van der Waals surface area contributed by atoms with Crippen LogP contribution >= 0.6 is 11.8 Å². The number of hydrogen-bond donors (Lipinski definition) is 0. The highest BCUT2D eigenvalue weighted by atomic mass is 32.2. The molecule has 1 amide bonds. The van der Waals surface area contributed by atoms with Crippen molar-refractivity contribution >= 4 is 23.4 Å². The van der Waals surface area contributed by atoms with Gasteiger partial charge >= 0.3 is 0 Å². The summed E-state index contributed by atoms with van der Waals surface area (Å²) in [6.07, 6.45) is 3.38. The van der Waals surface area contributed by atoms with E-state index in [-0.39, 0.29) is 11.2 Å². The van der Waals surface area contributed by atoms with Gasteiger partial charge in [-0.15, -0.1) is 11.8 Å². The van der Waals surface area contributed by atoms with Gasteiger partial charge in [-0.1, -0.05) is 31.5 Å². The number of rotatable bonds is 5. The maximum absolute atomic E-state index is 12.4. The largest absolute Gasteiger partial charge is 0.311 e. The molecule has 1 aromatic carbocycles. The summed E-state index contributed by atoms with van der Waals surface area (Å²) in [5.41, 5.74) is 2.42. The molecule has 2 nitrogen and oxygen atoms in total. The number of nitrogens with zero attached hydrogens (tertiary/aromatic N) is 1. The fourth-order valence-electron chi connectivity index (χ4n) is 2.26. The number of carbonyl (C=O) groups is 1. The number of unbranched alkanes of at least 4 members (excludes halogenated alkanes) is 1. The Kier molecular flexibility index (Phi) is 4.70. The Hall–Kier alpha value is -0.960. The second-order valence-corrected chi connectivity index (χ2v) is 6.18. The van der Waals surface area contributed by atoms with E-state index >= 15 is 0 Å². The summed E-state index contributed by atoms with van der Waals surface area (Å²) in [6.45, 7) is 5.06. The quantitative estimate of drug-likeness (QED) is 0.758. The van der Waals surface area contributed by atoms with Crippen molar-refractivity contribution in [1.82, 2.24) is 0 Å². The lowest BCUT2D eigenvalue weighted by molar-refractivity contribution is -0.117. The summed E-state index contributed by atoms with van der Waals surface area (Å²) in [4.78, 5) is 14.4. The van der Waals surface area contributed by atoms with Crippen LogP contribution in [0.5, 0.6) is 0 Å². The van der Waals surface area contributed by atoms with Gasteiger partial charge < -0.3 is 4.90 Å². The molecule has 0 saturated heterocycles. The molecular weight excluding hydrogens is 242 g/mol. The van der Waals surface area contributed by atoms with Gasteiger partial charge in [-0.2, -0.15) is 0 Å². The zero-order valence-electron chi connectivity index (χ0n) is 11.2. The van der Waals surface area contributed by atoms with Crippen LogP contribution in [0.4, 0.5) is 5.69 Å². The second-order valence-electron chi connectivity index (χ2n) is 4.74. The van der Waals surface area contributed by atoms with Gasteiger partial charge in [-0.3, -0.25) is 4.79 Å². The molecule has 1 aliphatic heterocycles. The highest BCUT2D eigenvalue weighted by Crippen LogP contribution is 2.29. The molecule has 1 heterocycles. The molecule has 0 aliphatic carbocycles. The molecule has 0 aromatic heterocycles. The van der Waals surface area contributed by atoms with Crippen LogP contribution in [0.3, 0.4) is 0 Å². The molecule has 18 heavy (non-hydrogen) atoms. The third-order valence-electron chi connectivity index (χ3n) is 3.37. The van der Waals surface area contributed by atoms with E-state index in [1.54, 1.807) is 11.8 Å². The Morgan fingerprint density at radius 1 is 1.44 bits per heavy atom. The number of carbonyl (C=O) groups excluding carboxylic acids is 1. The Morgan fingerprint density at radius 3 is 3.00 bits per heavy atom. The van der Waals surface area contributed by atoms with Crippen LogP contribution in [0.15, 0.2) is 24.3 Å². The summed E-state index contributed by atoms with van der Waals surface area (Å²) in [7, 11) is 0. The van der Waals surface area contributed by atoms with Gasteiger partial charge in [-0.05, 0) is 37.1 Å². The van der Waals surface area contributed by atoms with Crippen molar-refractivity contribution in [2.24, 2.45) is 0 Å². The van der Waals surface area contributed by atoms with Crippen molar-refractivity contribution in [2.45, 2.75) is 38.4 Å². The Bertz CT molecular complexity index is 419. The molecule has 98 valence electrons. The Balaban J connectivity index is 1.98. The summed E-state index contributed by atoms with van der Waals surface area (Å²) < 4.78 is 0. The molecule has 2 rings (SSSR count). The standard InChI is InChI=1S/C15H21NOS/c1-3-4-11-18-12(2)15(17)16-10-9-13-7-5-6-8-14(13)16/h5-8,12H,3-4,9-11H2,1-2H3. The highest BCUT2D eigenvalue weighted by molar-refractivity contribution is 8.00. The molecule has 1 aliphatic rings. The van der Waals surface area contributed by atoms with Crippen LogP contribution in [0.1, 0.15) is 32.3 Å². The minimum Gasteiger partial charge on any atom is -0.311 e. The van der Waals surface area contributed by atoms with Crippen LogP contribution in [0.2, 0.25) is 0 Å². The van der Waals surface area contributed by atoms with E-state index in [0.717, 1.165) is 24.4 Å². The number of amides is 1. The highest BCUT2D eigenvalue weighted by Gasteiger charge is 2.27. The minimum absolute atomic E-state index is 0.0720. The third-order valence-corrected chi connectivity index (χ3v) is 4.59. The average Bonchev–Trinajstić information content (AvgIpc) is 2.82. The van der Waals surface area contributed by atoms with E-state index in [0.29, 0.717) is 0 Å². The fourth-order valence-corrected chi connectivity index (χ4v) is 3.34. The van der Waals surface area contributed by atoms with Gasteiger partial charge in [-0.25, -0.2) is 0 Å². The van der Waals surface area contributed by atoms with Crippen LogP contribution < -0.4 is 4.90 Å². The van der Waals surface area contributed by atoms with E-state index in [2.05, 4.69) is 19.1 Å².